The minimum atomic E-state index is -0.482. The molecule has 4 aromatic carbocycles. The summed E-state index contributed by atoms with van der Waals surface area (Å²) in [5, 5.41) is 0. The number of methoxy groups -OCH3 is 1. The molecule has 0 unspecified atom stereocenters. The van der Waals surface area contributed by atoms with Crippen LogP contribution in [0.25, 0.3) is 22.3 Å². The third-order valence-corrected chi connectivity index (χ3v) is 8.03. The fourth-order valence-electron chi connectivity index (χ4n) is 5.10. The van der Waals surface area contributed by atoms with Crippen molar-refractivity contribution in [3.05, 3.63) is 127 Å². The van der Waals surface area contributed by atoms with Gasteiger partial charge in [0.25, 0.3) is 0 Å². The van der Waals surface area contributed by atoms with Gasteiger partial charge < -0.3 is 28.4 Å². The summed E-state index contributed by atoms with van der Waals surface area (Å²) in [7, 11) is 1.59. The van der Waals surface area contributed by atoms with Crippen molar-refractivity contribution < 1.29 is 47.6 Å². The van der Waals surface area contributed by atoms with Crippen LogP contribution in [0.4, 0.5) is 0 Å². The molecule has 0 fully saturated rings. The first kappa shape index (κ1) is 39.6. The Morgan fingerprint density at radius 3 is 1.51 bits per heavy atom. The molecule has 53 heavy (non-hydrogen) atoms. The van der Waals surface area contributed by atoms with E-state index in [-0.39, 0.29) is 13.2 Å². The normalized spacial score (nSPS) is 10.4. The zero-order valence-corrected chi connectivity index (χ0v) is 29.9. The topological polar surface area (TPSA) is 124 Å². The van der Waals surface area contributed by atoms with Crippen molar-refractivity contribution in [2.75, 3.05) is 33.5 Å². The maximum atomic E-state index is 12.9. The fraction of sp³-hybridized carbons (Fsp3) is 0.256. The Labute approximate surface area is 309 Å². The second kappa shape index (κ2) is 21.3. The highest BCUT2D eigenvalue weighted by molar-refractivity contribution is 5.92. The van der Waals surface area contributed by atoms with Gasteiger partial charge in [0.1, 0.15) is 5.75 Å². The summed E-state index contributed by atoms with van der Waals surface area (Å²) in [6, 6.07) is 27.0. The highest BCUT2D eigenvalue weighted by Crippen LogP contribution is 2.33. The number of hydrogen-bond donors (Lipinski definition) is 0. The molecular weight excluding hydrogens is 676 g/mol. The van der Waals surface area contributed by atoms with Crippen molar-refractivity contribution >= 4 is 23.9 Å². The number of unbranched alkanes of at least 4 members (excludes halogenated alkanes) is 4. The number of esters is 4. The highest BCUT2D eigenvalue weighted by atomic mass is 16.5. The van der Waals surface area contributed by atoms with Gasteiger partial charge in [-0.3, -0.25) is 0 Å². The second-order valence-corrected chi connectivity index (χ2v) is 11.8. The van der Waals surface area contributed by atoms with Crippen LogP contribution in [-0.4, -0.2) is 57.4 Å². The van der Waals surface area contributed by atoms with E-state index in [9.17, 15) is 19.2 Å². The predicted molar refractivity (Wildman–Crippen MR) is 201 cm³/mol. The molecular formula is C43H44O10. The van der Waals surface area contributed by atoms with Gasteiger partial charge in [-0.05, 0) is 109 Å². The number of rotatable bonds is 21. The minimum Gasteiger partial charge on any atom is -0.493 e. The molecule has 0 saturated carbocycles. The van der Waals surface area contributed by atoms with E-state index in [1.54, 1.807) is 43.5 Å². The molecule has 0 aliphatic carbocycles. The van der Waals surface area contributed by atoms with E-state index in [0.29, 0.717) is 54.4 Å². The lowest BCUT2D eigenvalue weighted by Gasteiger charge is -2.13. The first-order valence-corrected chi connectivity index (χ1v) is 17.4. The van der Waals surface area contributed by atoms with Crippen LogP contribution in [0, 0.1) is 0 Å². The smallest absolute Gasteiger partial charge is 0.343 e. The number of hydrogen-bond acceptors (Lipinski definition) is 10. The van der Waals surface area contributed by atoms with E-state index in [4.69, 9.17) is 28.4 Å². The molecule has 4 aromatic rings. The molecule has 10 heteroatoms. The monoisotopic (exact) mass is 720 g/mol. The van der Waals surface area contributed by atoms with E-state index < -0.39 is 23.9 Å². The Bertz CT molecular complexity index is 1830. The molecule has 0 saturated heterocycles. The van der Waals surface area contributed by atoms with Gasteiger partial charge in [-0.2, -0.15) is 0 Å². The van der Waals surface area contributed by atoms with Crippen molar-refractivity contribution in [1.29, 1.82) is 0 Å². The van der Waals surface area contributed by atoms with Gasteiger partial charge >= 0.3 is 23.9 Å². The summed E-state index contributed by atoms with van der Waals surface area (Å²) in [5.41, 5.74) is 4.40. The summed E-state index contributed by atoms with van der Waals surface area (Å²) >= 11 is 0. The zero-order chi connectivity index (χ0) is 37.8. The van der Waals surface area contributed by atoms with Crippen molar-refractivity contribution in [2.24, 2.45) is 0 Å². The van der Waals surface area contributed by atoms with E-state index in [1.807, 2.05) is 54.6 Å². The van der Waals surface area contributed by atoms with Crippen LogP contribution in [0.2, 0.25) is 0 Å². The molecule has 0 aliphatic heterocycles. The number of carbonyl (C=O) groups is 4. The number of benzene rings is 4. The summed E-state index contributed by atoms with van der Waals surface area (Å²) in [5.74, 6) is -0.132. The van der Waals surface area contributed by atoms with Crippen molar-refractivity contribution in [2.45, 2.75) is 38.5 Å². The Morgan fingerprint density at radius 2 is 0.962 bits per heavy atom. The largest absolute Gasteiger partial charge is 0.493 e. The van der Waals surface area contributed by atoms with E-state index in [0.717, 1.165) is 60.1 Å². The molecule has 0 N–H and O–H groups in total. The van der Waals surface area contributed by atoms with Crippen LogP contribution in [0.3, 0.4) is 0 Å². The molecule has 10 nitrogen and oxygen atoms in total. The standard InChI is InChI=1S/C43H44O10/c1-4-40(44)50-27-9-7-6-8-26-49-38-25-22-36(30-39(38)48-3)33-14-18-35(19-15-33)43(47)53-37-23-20-32(21-24-37)31-12-16-34(17-13-31)42(46)52-29-11-10-28-51-41(45)5-2/h4-5,12-25,30H,1-2,6-11,26-29H2,3H3. The van der Waals surface area contributed by atoms with Gasteiger partial charge in [-0.15, -0.1) is 0 Å². The summed E-state index contributed by atoms with van der Waals surface area (Å²) in [6.45, 7) is 8.11. The first-order chi connectivity index (χ1) is 25.8. The molecule has 0 atom stereocenters. The van der Waals surface area contributed by atoms with Gasteiger partial charge in [-0.25, -0.2) is 19.2 Å². The van der Waals surface area contributed by atoms with Crippen LogP contribution in [0.15, 0.2) is 116 Å². The molecule has 0 heterocycles. The molecule has 276 valence electrons. The maximum Gasteiger partial charge on any atom is 0.343 e. The molecule has 0 radical (unpaired) electrons. The van der Waals surface area contributed by atoms with E-state index in [1.165, 1.54) is 0 Å². The molecule has 0 aromatic heterocycles. The van der Waals surface area contributed by atoms with Crippen LogP contribution < -0.4 is 14.2 Å². The van der Waals surface area contributed by atoms with Gasteiger partial charge in [0, 0.05) is 12.2 Å². The van der Waals surface area contributed by atoms with Crippen LogP contribution in [0.5, 0.6) is 17.2 Å². The third kappa shape index (κ3) is 12.8. The summed E-state index contributed by atoms with van der Waals surface area (Å²) < 4.78 is 32.3. The minimum absolute atomic E-state index is 0.221. The Hall–Kier alpha value is -6.16. The second-order valence-electron chi connectivity index (χ2n) is 11.8. The summed E-state index contributed by atoms with van der Waals surface area (Å²) in [6.07, 6.45) is 6.95. The van der Waals surface area contributed by atoms with Crippen molar-refractivity contribution in [3.63, 3.8) is 0 Å². The summed E-state index contributed by atoms with van der Waals surface area (Å²) in [4.78, 5) is 47.4. The maximum absolute atomic E-state index is 12.9. The average molecular weight is 721 g/mol. The molecule has 4 rings (SSSR count). The third-order valence-electron chi connectivity index (χ3n) is 8.03. The molecule has 0 spiro atoms. The lowest BCUT2D eigenvalue weighted by molar-refractivity contribution is -0.138. The van der Waals surface area contributed by atoms with Crippen LogP contribution in [-0.2, 0) is 23.8 Å². The SMILES string of the molecule is C=CC(=O)OCCCCCCOc1ccc(-c2ccc(C(=O)Oc3ccc(-c4ccc(C(=O)OCCCCOC(=O)C=C)cc4)cc3)cc2)cc1OC. The zero-order valence-electron chi connectivity index (χ0n) is 29.9. The van der Waals surface area contributed by atoms with Crippen molar-refractivity contribution in [1.82, 2.24) is 0 Å². The molecule has 0 aliphatic rings. The lowest BCUT2D eigenvalue weighted by atomic mass is 10.0. The number of carbonyl (C=O) groups excluding carboxylic acids is 4. The first-order valence-electron chi connectivity index (χ1n) is 17.4. The Balaban J connectivity index is 1.22. The van der Waals surface area contributed by atoms with Gasteiger partial charge in [0.2, 0.25) is 0 Å². The average Bonchev–Trinajstić information content (AvgIpc) is 3.20. The van der Waals surface area contributed by atoms with E-state index in [2.05, 4.69) is 13.2 Å². The lowest BCUT2D eigenvalue weighted by Crippen LogP contribution is -2.08. The Morgan fingerprint density at radius 1 is 0.509 bits per heavy atom. The van der Waals surface area contributed by atoms with Crippen LogP contribution >= 0.6 is 0 Å². The predicted octanol–water partition coefficient (Wildman–Crippen LogP) is 8.58. The molecule has 0 bridgehead atoms. The van der Waals surface area contributed by atoms with E-state index >= 15 is 0 Å². The van der Waals surface area contributed by atoms with Gasteiger partial charge in [0.05, 0.1) is 44.7 Å². The van der Waals surface area contributed by atoms with Gasteiger partial charge in [0.15, 0.2) is 11.5 Å². The van der Waals surface area contributed by atoms with Gasteiger partial charge in [-0.1, -0.05) is 55.6 Å². The van der Waals surface area contributed by atoms with Crippen LogP contribution in [0.1, 0.15) is 59.2 Å². The molecule has 0 amide bonds. The Kier molecular flexibility index (Phi) is 15.9. The number of ether oxygens (including phenoxy) is 6. The quantitative estimate of drug-likeness (QED) is 0.0272. The highest BCUT2D eigenvalue weighted by Gasteiger charge is 2.12. The fourth-order valence-corrected chi connectivity index (χ4v) is 5.10. The van der Waals surface area contributed by atoms with Crippen molar-refractivity contribution in [3.8, 4) is 39.5 Å².